The summed E-state index contributed by atoms with van der Waals surface area (Å²) in [5.41, 5.74) is 1.79. The van der Waals surface area contributed by atoms with Gasteiger partial charge in [-0.1, -0.05) is 24.3 Å². The molecule has 2 rings (SSSR count). The van der Waals surface area contributed by atoms with Gasteiger partial charge >= 0.3 is 5.97 Å². The van der Waals surface area contributed by atoms with Crippen LogP contribution in [0.15, 0.2) is 54.6 Å². The molecule has 0 bridgehead atoms. The molecule has 4 heteroatoms. The minimum absolute atomic E-state index is 0.526. The van der Waals surface area contributed by atoms with E-state index in [1.807, 2.05) is 42.5 Å². The average Bonchev–Trinajstić information content (AvgIpc) is 2.46. The summed E-state index contributed by atoms with van der Waals surface area (Å²) in [5, 5.41) is 8.63. The zero-order valence-corrected chi connectivity index (χ0v) is 11.7. The highest BCUT2D eigenvalue weighted by Crippen LogP contribution is 2.23. The smallest absolute Gasteiger partial charge is 0.328 e. The highest BCUT2D eigenvalue weighted by molar-refractivity contribution is 5.85. The van der Waals surface area contributed by atoms with Crippen LogP contribution in [0.2, 0.25) is 0 Å². The van der Waals surface area contributed by atoms with E-state index in [0.717, 1.165) is 17.2 Å². The average molecular weight is 284 g/mol. The molecule has 108 valence electrons. The minimum Gasteiger partial charge on any atom is -0.478 e. The van der Waals surface area contributed by atoms with E-state index in [2.05, 4.69) is 0 Å². The Morgan fingerprint density at radius 1 is 1.14 bits per heavy atom. The third-order valence-corrected chi connectivity index (χ3v) is 2.72. The van der Waals surface area contributed by atoms with E-state index in [9.17, 15) is 4.79 Å². The molecule has 0 aliphatic heterocycles. The van der Waals surface area contributed by atoms with E-state index in [-0.39, 0.29) is 0 Å². The molecule has 0 radical (unpaired) electrons. The lowest BCUT2D eigenvalue weighted by Gasteiger charge is -2.08. The SMILES string of the molecule is COCc1cccc(Oc2cccc(C=CC(=O)O)c2)c1. The predicted octanol–water partition coefficient (Wildman–Crippen LogP) is 3.72. The van der Waals surface area contributed by atoms with Crippen molar-refractivity contribution in [3.05, 3.63) is 65.7 Å². The summed E-state index contributed by atoms with van der Waals surface area (Å²) in [5.74, 6) is 0.384. The second kappa shape index (κ2) is 7.26. The first kappa shape index (κ1) is 14.8. The van der Waals surface area contributed by atoms with Gasteiger partial charge in [0.05, 0.1) is 6.61 Å². The number of aliphatic carboxylic acids is 1. The lowest BCUT2D eigenvalue weighted by atomic mass is 10.2. The molecule has 1 N–H and O–H groups in total. The molecule has 0 heterocycles. The molecule has 0 unspecified atom stereocenters. The van der Waals surface area contributed by atoms with Crippen LogP contribution in [0.3, 0.4) is 0 Å². The molecule has 0 amide bonds. The molecule has 0 atom stereocenters. The second-order valence-electron chi connectivity index (χ2n) is 4.43. The molecule has 2 aromatic rings. The Kier molecular flexibility index (Phi) is 5.12. The summed E-state index contributed by atoms with van der Waals surface area (Å²) in [6.07, 6.45) is 2.62. The van der Waals surface area contributed by atoms with Gasteiger partial charge in [-0.25, -0.2) is 4.79 Å². The second-order valence-corrected chi connectivity index (χ2v) is 4.43. The number of benzene rings is 2. The Hall–Kier alpha value is -2.59. The minimum atomic E-state index is -0.978. The van der Waals surface area contributed by atoms with Crippen LogP contribution in [-0.2, 0) is 16.1 Å². The maximum absolute atomic E-state index is 10.5. The third-order valence-electron chi connectivity index (χ3n) is 2.72. The summed E-state index contributed by atoms with van der Waals surface area (Å²) in [6.45, 7) is 0.526. The maximum Gasteiger partial charge on any atom is 0.328 e. The van der Waals surface area contributed by atoms with Gasteiger partial charge < -0.3 is 14.6 Å². The van der Waals surface area contributed by atoms with Crippen molar-refractivity contribution in [3.8, 4) is 11.5 Å². The molecule has 0 fully saturated rings. The van der Waals surface area contributed by atoms with Crippen molar-refractivity contribution < 1.29 is 19.4 Å². The Morgan fingerprint density at radius 2 is 1.86 bits per heavy atom. The molecule has 0 aliphatic carbocycles. The van der Waals surface area contributed by atoms with Crippen molar-refractivity contribution in [2.75, 3.05) is 7.11 Å². The molecule has 0 aliphatic rings. The van der Waals surface area contributed by atoms with Crippen LogP contribution in [0.1, 0.15) is 11.1 Å². The van der Waals surface area contributed by atoms with Gasteiger partial charge in [-0.2, -0.15) is 0 Å². The van der Waals surface area contributed by atoms with Gasteiger partial charge in [0.25, 0.3) is 0 Å². The molecule has 0 spiro atoms. The van der Waals surface area contributed by atoms with Crippen molar-refractivity contribution in [1.29, 1.82) is 0 Å². The lowest BCUT2D eigenvalue weighted by Crippen LogP contribution is -1.90. The molecule has 0 aromatic heterocycles. The number of carbonyl (C=O) groups is 1. The number of hydrogen-bond donors (Lipinski definition) is 1. The van der Waals surface area contributed by atoms with Gasteiger partial charge in [-0.15, -0.1) is 0 Å². The Balaban J connectivity index is 2.14. The van der Waals surface area contributed by atoms with E-state index in [1.165, 1.54) is 6.08 Å². The zero-order chi connectivity index (χ0) is 15.1. The lowest BCUT2D eigenvalue weighted by molar-refractivity contribution is -0.131. The van der Waals surface area contributed by atoms with Crippen LogP contribution in [-0.4, -0.2) is 18.2 Å². The summed E-state index contributed by atoms with van der Waals surface area (Å²) in [7, 11) is 1.64. The Morgan fingerprint density at radius 3 is 2.57 bits per heavy atom. The van der Waals surface area contributed by atoms with Gasteiger partial charge in [-0.05, 0) is 41.5 Å². The number of carboxylic acids is 1. The molecule has 0 saturated carbocycles. The van der Waals surface area contributed by atoms with E-state index < -0.39 is 5.97 Å². The molecule has 21 heavy (non-hydrogen) atoms. The maximum atomic E-state index is 10.5. The first-order valence-corrected chi connectivity index (χ1v) is 6.44. The summed E-state index contributed by atoms with van der Waals surface area (Å²) in [6, 6.07) is 14.9. The molecule has 2 aromatic carbocycles. The van der Waals surface area contributed by atoms with Crippen molar-refractivity contribution >= 4 is 12.0 Å². The van der Waals surface area contributed by atoms with Crippen molar-refractivity contribution in [3.63, 3.8) is 0 Å². The fraction of sp³-hybridized carbons (Fsp3) is 0.118. The van der Waals surface area contributed by atoms with Gasteiger partial charge in [0, 0.05) is 13.2 Å². The van der Waals surface area contributed by atoms with Crippen LogP contribution >= 0.6 is 0 Å². The Bertz CT molecular complexity index is 647. The van der Waals surface area contributed by atoms with E-state index in [4.69, 9.17) is 14.6 Å². The predicted molar refractivity (Wildman–Crippen MR) is 80.3 cm³/mol. The summed E-state index contributed by atoms with van der Waals surface area (Å²) in [4.78, 5) is 10.5. The normalized spacial score (nSPS) is 10.7. The topological polar surface area (TPSA) is 55.8 Å². The Labute approximate surface area is 123 Å². The highest BCUT2D eigenvalue weighted by atomic mass is 16.5. The standard InChI is InChI=1S/C17H16O4/c1-20-12-14-5-3-7-16(11-14)21-15-6-2-4-13(10-15)8-9-17(18)19/h2-11H,12H2,1H3,(H,18,19). The highest BCUT2D eigenvalue weighted by Gasteiger charge is 2.00. The van der Waals surface area contributed by atoms with E-state index in [1.54, 1.807) is 13.2 Å². The van der Waals surface area contributed by atoms with Gasteiger partial charge in [0.15, 0.2) is 0 Å². The third kappa shape index (κ3) is 4.78. The van der Waals surface area contributed by atoms with Crippen LogP contribution in [0.25, 0.3) is 6.08 Å². The summed E-state index contributed by atoms with van der Waals surface area (Å²) < 4.78 is 10.9. The quantitative estimate of drug-likeness (QED) is 0.821. The number of ether oxygens (including phenoxy) is 2. The van der Waals surface area contributed by atoms with Crippen molar-refractivity contribution in [1.82, 2.24) is 0 Å². The molecule has 4 nitrogen and oxygen atoms in total. The summed E-state index contributed by atoms with van der Waals surface area (Å²) >= 11 is 0. The van der Waals surface area contributed by atoms with Gasteiger partial charge in [-0.3, -0.25) is 0 Å². The first-order chi connectivity index (χ1) is 10.2. The van der Waals surface area contributed by atoms with Crippen LogP contribution < -0.4 is 4.74 Å². The first-order valence-electron chi connectivity index (χ1n) is 6.44. The van der Waals surface area contributed by atoms with Crippen molar-refractivity contribution in [2.24, 2.45) is 0 Å². The van der Waals surface area contributed by atoms with Gasteiger partial charge in [0.2, 0.25) is 0 Å². The van der Waals surface area contributed by atoms with Crippen LogP contribution in [0, 0.1) is 0 Å². The monoisotopic (exact) mass is 284 g/mol. The molecular formula is C17H16O4. The number of carboxylic acid groups (broad SMARTS) is 1. The zero-order valence-electron chi connectivity index (χ0n) is 11.7. The van der Waals surface area contributed by atoms with E-state index >= 15 is 0 Å². The van der Waals surface area contributed by atoms with E-state index in [0.29, 0.717) is 18.1 Å². The molecule has 0 saturated heterocycles. The fourth-order valence-corrected chi connectivity index (χ4v) is 1.85. The number of rotatable bonds is 6. The number of hydrogen-bond acceptors (Lipinski definition) is 3. The van der Waals surface area contributed by atoms with Crippen molar-refractivity contribution in [2.45, 2.75) is 6.61 Å². The van der Waals surface area contributed by atoms with Crippen LogP contribution in [0.4, 0.5) is 0 Å². The fourth-order valence-electron chi connectivity index (χ4n) is 1.85. The van der Waals surface area contributed by atoms with Gasteiger partial charge in [0.1, 0.15) is 11.5 Å². The number of methoxy groups -OCH3 is 1. The molecular weight excluding hydrogens is 268 g/mol. The largest absolute Gasteiger partial charge is 0.478 e. The van der Waals surface area contributed by atoms with Crippen LogP contribution in [0.5, 0.6) is 11.5 Å².